The molecule has 508 valence electrons. The lowest BCUT2D eigenvalue weighted by atomic mass is 9.88. The van der Waals surface area contributed by atoms with Crippen molar-refractivity contribution in [2.24, 2.45) is 27.7 Å². The zero-order valence-corrected chi connectivity index (χ0v) is 61.3. The molecule has 0 spiro atoms. The van der Waals surface area contributed by atoms with Crippen LogP contribution in [0.2, 0.25) is 0 Å². The number of likely N-dealkylation sites (N-methyl/N-ethyl adjacent to an activating group) is 3. The van der Waals surface area contributed by atoms with Crippen LogP contribution in [0.1, 0.15) is 175 Å². The predicted molar refractivity (Wildman–Crippen MR) is 383 cm³/mol. The fraction of sp³-hybridized carbons (Fsp3) is 0.857. The molecule has 7 atom stereocenters. The molecule has 1 N–H and O–H groups in total. The third-order valence-electron chi connectivity index (χ3n) is 17.7. The molecular formula is C70H132Cl2N8O5S2. The van der Waals surface area contributed by atoms with Crippen molar-refractivity contribution in [2.75, 3.05) is 179 Å². The maximum Gasteiger partial charge on any atom is 0.180 e. The molecule has 0 bridgehead atoms. The molecule has 13 rings (SSSR count). The summed E-state index contributed by atoms with van der Waals surface area (Å²) in [4.78, 5) is 22.1. The number of methoxy groups -OCH3 is 2. The fourth-order valence-electron chi connectivity index (χ4n) is 10.9. The minimum absolute atomic E-state index is 0.00347. The Hall–Kier alpha value is -1.02. The number of morpholine rings is 1. The van der Waals surface area contributed by atoms with Gasteiger partial charge in [-0.1, -0.05) is 82.0 Å². The zero-order chi connectivity index (χ0) is 64.1. The lowest BCUT2D eigenvalue weighted by molar-refractivity contribution is 0.0503. The summed E-state index contributed by atoms with van der Waals surface area (Å²) in [6.45, 7) is 30.2. The number of thioether (sulfide) groups is 2. The Bertz CT molecular complexity index is 1790. The van der Waals surface area contributed by atoms with Gasteiger partial charge in [0.15, 0.2) is 5.90 Å². The number of hydrogen-bond donors (Lipinski definition) is 1. The van der Waals surface area contributed by atoms with Gasteiger partial charge < -0.3 is 48.6 Å². The van der Waals surface area contributed by atoms with Gasteiger partial charge >= 0.3 is 0 Å². The Balaban J connectivity index is 0.000000325. The number of piperidine rings is 1. The molecule has 6 saturated heterocycles. The van der Waals surface area contributed by atoms with Crippen LogP contribution in [0.25, 0.3) is 0 Å². The topological polar surface area (TPSA) is 101 Å². The number of ether oxygens (including phenoxy) is 4. The number of halogens is 2. The van der Waals surface area contributed by atoms with E-state index in [2.05, 4.69) is 146 Å². The van der Waals surface area contributed by atoms with Gasteiger partial charge in [-0.15, -0.1) is 46.7 Å². The summed E-state index contributed by atoms with van der Waals surface area (Å²) in [5, 5.41) is 10.4. The van der Waals surface area contributed by atoms with E-state index in [-0.39, 0.29) is 10.4 Å². The van der Waals surface area contributed by atoms with Gasteiger partial charge in [0.2, 0.25) is 0 Å². The lowest BCUT2D eigenvalue weighted by Gasteiger charge is -2.23. The number of alkyl halides is 2. The Kier molecular flexibility index (Phi) is 48.5. The number of benzene rings is 1. The van der Waals surface area contributed by atoms with E-state index in [1.54, 1.807) is 19.8 Å². The molecule has 0 aromatic heterocycles. The van der Waals surface area contributed by atoms with E-state index in [0.29, 0.717) is 23.9 Å². The summed E-state index contributed by atoms with van der Waals surface area (Å²) in [5.41, 5.74) is 3.11. The minimum atomic E-state index is -0.347. The van der Waals surface area contributed by atoms with Gasteiger partial charge in [-0.25, -0.2) is 0 Å². The number of allylic oxidation sites excluding steroid dienone is 2. The number of nitrogens with zero attached hydrogens (tertiary/aromatic N) is 8. The molecule has 1 aromatic carbocycles. The first-order valence-corrected chi connectivity index (χ1v) is 37.0. The predicted octanol–water partition coefficient (Wildman–Crippen LogP) is 14.5. The molecule has 87 heavy (non-hydrogen) atoms. The largest absolute Gasteiger partial charge is 0.479 e. The van der Waals surface area contributed by atoms with Gasteiger partial charge in [0.1, 0.15) is 10.9 Å². The van der Waals surface area contributed by atoms with Crippen LogP contribution in [0.3, 0.4) is 0 Å². The zero-order valence-electron chi connectivity index (χ0n) is 58.1. The summed E-state index contributed by atoms with van der Waals surface area (Å²) < 4.78 is 19.8. The second-order valence-corrected chi connectivity index (χ2v) is 30.0. The van der Waals surface area contributed by atoms with Gasteiger partial charge in [0, 0.05) is 76.8 Å². The number of hydrogen-bond acceptors (Lipinski definition) is 15. The van der Waals surface area contributed by atoms with Crippen molar-refractivity contribution in [1.29, 1.82) is 0 Å². The number of aliphatic hydroxyl groups excluding tert-OH is 1. The van der Waals surface area contributed by atoms with Gasteiger partial charge in [-0.3, -0.25) is 14.9 Å². The third-order valence-corrected chi connectivity index (χ3v) is 20.8. The first-order chi connectivity index (χ1) is 41.8. The van der Waals surface area contributed by atoms with Gasteiger partial charge in [-0.2, -0.15) is 0 Å². The third kappa shape index (κ3) is 44.3. The number of aliphatic imine (C=N–C) groups is 2. The highest BCUT2D eigenvalue weighted by atomic mass is 35.5. The van der Waals surface area contributed by atoms with Crippen molar-refractivity contribution in [3.05, 3.63) is 47.5 Å². The fourth-order valence-corrected chi connectivity index (χ4v) is 13.0. The maximum absolute atomic E-state index is 9.18. The second kappa shape index (κ2) is 51.4. The molecule has 3 saturated carbocycles. The SMILES string of the molecule is CC1=CCCCC1.CC1=NCCO1.CC1=NCCS1.CC1CC1(Cl)Cl.CC1C[C@@H]1c1ccccc1.CN1CCCC1.CN1CCCCC1.CN1CCOCC1.CN1CCSC1.COC[C@@H]1CCCN1C.COC[C@H]1CCCN1C.C[C@H]1CCCC[C@@H]1O. The highest BCUT2D eigenvalue weighted by Crippen LogP contribution is 2.52. The molecule has 8 heterocycles. The van der Waals surface area contributed by atoms with Crippen molar-refractivity contribution in [3.8, 4) is 0 Å². The molecule has 13 nitrogen and oxygen atoms in total. The van der Waals surface area contributed by atoms with Crippen LogP contribution >= 0.6 is 46.7 Å². The number of aliphatic hydroxyl groups is 1. The smallest absolute Gasteiger partial charge is 0.180 e. The van der Waals surface area contributed by atoms with E-state index in [1.165, 1.54) is 183 Å². The highest BCUT2D eigenvalue weighted by molar-refractivity contribution is 8.14. The molecule has 4 aliphatic carbocycles. The standard InChI is InChI=1S/C10H12.2C7H15NO.C7H14O.C7H12.C6H13N.C5H11NO.C5H11N.C4H6Cl2.C4H7NO.C4H9NS.C4H7NS/c1-8-7-10(8)9-5-3-2-4-6-9;2*1-8-5-3-4-7(8)6-9-2;1-6-4-2-3-5-7(6)8;2*1-7-5-3-2-4-6-7;1-6-2-4-7-5-3-6;1-6-4-2-3-5-6;1-3-2-4(3,5)6;1-4-5-2-3-6-4;1-5-2-3-6-4-5;1-4-5-2-3-6-4/h2-6,8,10H,7H2,1H3;2*7H,3-6H2,1-2H3;6-8H,2-5H2,1H3;5H,2-4,6H2,1H3;2-6H2,1H3;2-5H2,1H3;2-5H2,1H3;3H,2H2,1H3;2-3H2,1H3;2-4H2,1H3;2-3H2,1H3/t8?,10-;2*7-;6-,7-;;;;;;;;/m0100......../s1. The van der Waals surface area contributed by atoms with Gasteiger partial charge in [0.05, 0.1) is 44.1 Å². The molecule has 2 unspecified atom stereocenters. The average molecular weight is 1300 g/mol. The minimum Gasteiger partial charge on any atom is -0.479 e. The van der Waals surface area contributed by atoms with Crippen LogP contribution in [0.15, 0.2) is 52.0 Å². The van der Waals surface area contributed by atoms with E-state index < -0.39 is 0 Å². The van der Waals surface area contributed by atoms with E-state index in [0.717, 1.165) is 89.8 Å². The second-order valence-electron chi connectivity index (χ2n) is 26.1. The summed E-state index contributed by atoms with van der Waals surface area (Å²) in [6.07, 6.45) is 27.4. The molecule has 17 heteroatoms. The van der Waals surface area contributed by atoms with Gasteiger partial charge in [0.25, 0.3) is 0 Å². The van der Waals surface area contributed by atoms with Crippen LogP contribution in [-0.2, 0) is 18.9 Å². The lowest BCUT2D eigenvalue weighted by Crippen LogP contribution is -2.32. The van der Waals surface area contributed by atoms with Crippen molar-refractivity contribution in [1.82, 2.24) is 29.4 Å². The van der Waals surface area contributed by atoms with Crippen LogP contribution in [0.5, 0.6) is 0 Å². The summed E-state index contributed by atoms with van der Waals surface area (Å²) in [7, 11) is 16.5. The quantitative estimate of drug-likeness (QED) is 0.224. The molecule has 9 fully saturated rings. The Morgan fingerprint density at radius 3 is 1.39 bits per heavy atom. The van der Waals surface area contributed by atoms with Crippen LogP contribution in [0, 0.1) is 17.8 Å². The van der Waals surface area contributed by atoms with E-state index in [1.807, 2.05) is 37.4 Å². The first kappa shape index (κ1) is 82.1. The molecule has 0 amide bonds. The van der Waals surface area contributed by atoms with Crippen molar-refractivity contribution >= 4 is 57.7 Å². The number of likely N-dealkylation sites (tertiary alicyclic amines) is 4. The summed E-state index contributed by atoms with van der Waals surface area (Å²) in [6, 6.07) is 12.2. The highest BCUT2D eigenvalue weighted by Gasteiger charge is 2.47. The number of rotatable bonds is 5. The van der Waals surface area contributed by atoms with Crippen molar-refractivity contribution in [3.63, 3.8) is 0 Å². The van der Waals surface area contributed by atoms with Crippen molar-refractivity contribution in [2.45, 2.75) is 192 Å². The normalized spacial score (nSPS) is 28.1. The van der Waals surface area contributed by atoms with Gasteiger partial charge in [-0.05, 0) is 227 Å². The van der Waals surface area contributed by atoms with E-state index in [9.17, 15) is 5.11 Å². The van der Waals surface area contributed by atoms with E-state index in [4.69, 9.17) is 42.1 Å². The molecule has 1 aromatic rings. The Morgan fingerprint density at radius 1 is 0.609 bits per heavy atom. The Morgan fingerprint density at radius 2 is 1.15 bits per heavy atom. The Labute approximate surface area is 554 Å². The van der Waals surface area contributed by atoms with Crippen LogP contribution < -0.4 is 0 Å². The maximum atomic E-state index is 9.18. The first-order valence-electron chi connectivity index (χ1n) is 34.1. The van der Waals surface area contributed by atoms with E-state index >= 15 is 0 Å². The molecule has 12 aliphatic rings. The molecular weight excluding hydrogens is 1170 g/mol. The summed E-state index contributed by atoms with van der Waals surface area (Å²) >= 11 is 15.0. The molecule has 0 radical (unpaired) electrons. The van der Waals surface area contributed by atoms with Crippen molar-refractivity contribution < 1.29 is 24.1 Å². The monoisotopic (exact) mass is 1300 g/mol. The molecule has 8 aliphatic heterocycles. The van der Waals surface area contributed by atoms with Crippen LogP contribution in [-0.4, -0.2) is 247 Å². The average Bonchev–Trinajstić information content (AvgIpc) is 3.03. The van der Waals surface area contributed by atoms with Crippen LogP contribution in [0.4, 0.5) is 0 Å². The summed E-state index contributed by atoms with van der Waals surface area (Å²) in [5.74, 6) is 7.49.